The molecule has 0 aromatic carbocycles. The molecule has 3 nitrogen and oxygen atoms in total. The molecule has 0 bridgehead atoms. The van der Waals surface area contributed by atoms with Crippen LogP contribution in [0.1, 0.15) is 52.9 Å². The Morgan fingerprint density at radius 3 is 2.53 bits per heavy atom. The van der Waals surface area contributed by atoms with Gasteiger partial charge in [0.05, 0.1) is 11.0 Å². The molecule has 4 heteroatoms. The van der Waals surface area contributed by atoms with Crippen LogP contribution < -0.4 is 5.32 Å². The van der Waals surface area contributed by atoms with Gasteiger partial charge in [-0.15, -0.1) is 0 Å². The van der Waals surface area contributed by atoms with E-state index in [1.807, 2.05) is 13.8 Å². The molecule has 1 fully saturated rings. The van der Waals surface area contributed by atoms with E-state index in [1.54, 1.807) is 0 Å². The van der Waals surface area contributed by atoms with Gasteiger partial charge in [0, 0.05) is 6.04 Å². The maximum atomic E-state index is 12.3. The van der Waals surface area contributed by atoms with Crippen LogP contribution >= 0.6 is 0 Å². The third-order valence-corrected chi connectivity index (χ3v) is 6.07. The van der Waals surface area contributed by atoms with E-state index in [1.165, 1.54) is 0 Å². The molecule has 1 rings (SSSR count). The molecule has 0 amide bonds. The zero-order chi connectivity index (χ0) is 12.9. The normalized spacial score (nSPS) is 30.4. The van der Waals surface area contributed by atoms with E-state index in [0.717, 1.165) is 38.6 Å². The summed E-state index contributed by atoms with van der Waals surface area (Å²) >= 11 is 0. The Morgan fingerprint density at radius 2 is 1.94 bits per heavy atom. The Bertz CT molecular complexity index is 313. The first-order valence-electron chi connectivity index (χ1n) is 6.96. The highest BCUT2D eigenvalue weighted by molar-refractivity contribution is 7.92. The maximum Gasteiger partial charge on any atom is 0.154 e. The Morgan fingerprint density at radius 1 is 1.24 bits per heavy atom. The molecule has 1 aliphatic rings. The molecule has 0 saturated heterocycles. The Labute approximate surface area is 106 Å². The summed E-state index contributed by atoms with van der Waals surface area (Å²) in [5.41, 5.74) is 0. The molecule has 0 heterocycles. The van der Waals surface area contributed by atoms with Crippen LogP contribution in [0.15, 0.2) is 0 Å². The molecule has 1 N–H and O–H groups in total. The predicted molar refractivity (Wildman–Crippen MR) is 73.0 cm³/mol. The largest absolute Gasteiger partial charge is 0.313 e. The van der Waals surface area contributed by atoms with Gasteiger partial charge in [-0.3, -0.25) is 0 Å². The van der Waals surface area contributed by atoms with Gasteiger partial charge in [-0.1, -0.05) is 27.2 Å². The minimum atomic E-state index is -2.91. The second kappa shape index (κ2) is 6.74. The smallest absolute Gasteiger partial charge is 0.154 e. The summed E-state index contributed by atoms with van der Waals surface area (Å²) in [7, 11) is -2.91. The van der Waals surface area contributed by atoms with Crippen molar-refractivity contribution < 1.29 is 8.42 Å². The fourth-order valence-electron chi connectivity index (χ4n) is 2.72. The summed E-state index contributed by atoms with van der Waals surface area (Å²) in [5.74, 6) is 0.911. The highest BCUT2D eigenvalue weighted by Crippen LogP contribution is 2.29. The first-order chi connectivity index (χ1) is 8.01. The van der Waals surface area contributed by atoms with Gasteiger partial charge in [-0.2, -0.15) is 0 Å². The van der Waals surface area contributed by atoms with E-state index in [-0.39, 0.29) is 11.3 Å². The van der Waals surface area contributed by atoms with Crippen LogP contribution in [0.3, 0.4) is 0 Å². The maximum absolute atomic E-state index is 12.3. The molecule has 102 valence electrons. The molecule has 3 atom stereocenters. The van der Waals surface area contributed by atoms with Gasteiger partial charge in [-0.25, -0.2) is 8.42 Å². The van der Waals surface area contributed by atoms with Gasteiger partial charge < -0.3 is 5.32 Å². The number of unbranched alkanes of at least 4 members (excludes halogenated alkanes) is 1. The lowest BCUT2D eigenvalue weighted by Gasteiger charge is -2.35. The van der Waals surface area contributed by atoms with Gasteiger partial charge >= 0.3 is 0 Å². The lowest BCUT2D eigenvalue weighted by molar-refractivity contribution is 0.311. The van der Waals surface area contributed by atoms with Crippen LogP contribution in [0.5, 0.6) is 0 Å². The molecule has 0 aromatic heterocycles. The third kappa shape index (κ3) is 4.25. The lowest BCUT2D eigenvalue weighted by Crippen LogP contribution is -2.48. The van der Waals surface area contributed by atoms with Crippen molar-refractivity contribution >= 4 is 9.84 Å². The predicted octanol–water partition coefficient (Wildman–Crippen LogP) is 2.37. The zero-order valence-corrected chi connectivity index (χ0v) is 12.2. The molecule has 0 spiro atoms. The molecule has 3 unspecified atom stereocenters. The summed E-state index contributed by atoms with van der Waals surface area (Å²) in [6, 6.07) is 0.179. The topological polar surface area (TPSA) is 46.2 Å². The van der Waals surface area contributed by atoms with Gasteiger partial charge in [0.15, 0.2) is 9.84 Å². The van der Waals surface area contributed by atoms with E-state index >= 15 is 0 Å². The van der Waals surface area contributed by atoms with Crippen LogP contribution in [0.25, 0.3) is 0 Å². The molecule has 17 heavy (non-hydrogen) atoms. The number of hydrogen-bond acceptors (Lipinski definition) is 3. The Hall–Kier alpha value is -0.0900. The molecule has 0 aliphatic heterocycles. The van der Waals surface area contributed by atoms with Crippen molar-refractivity contribution in [3.8, 4) is 0 Å². The zero-order valence-electron chi connectivity index (χ0n) is 11.4. The quantitative estimate of drug-likeness (QED) is 0.798. The van der Waals surface area contributed by atoms with Crippen LogP contribution in [-0.4, -0.2) is 32.0 Å². The summed E-state index contributed by atoms with van der Waals surface area (Å²) in [6.45, 7) is 7.12. The first-order valence-corrected chi connectivity index (χ1v) is 8.67. The average molecular weight is 261 g/mol. The molecular formula is C13H27NO2S. The number of nitrogens with one attached hydrogen (secondary N) is 1. The highest BCUT2D eigenvalue weighted by Gasteiger charge is 2.36. The highest BCUT2D eigenvalue weighted by atomic mass is 32.2. The van der Waals surface area contributed by atoms with E-state index < -0.39 is 9.84 Å². The molecule has 1 saturated carbocycles. The van der Waals surface area contributed by atoms with Crippen LogP contribution in [-0.2, 0) is 9.84 Å². The number of rotatable bonds is 6. The van der Waals surface area contributed by atoms with Crippen molar-refractivity contribution in [3.63, 3.8) is 0 Å². The second-order valence-electron chi connectivity index (χ2n) is 5.34. The van der Waals surface area contributed by atoms with Gasteiger partial charge in [0.1, 0.15) is 0 Å². The van der Waals surface area contributed by atoms with Crippen molar-refractivity contribution in [2.24, 2.45) is 5.92 Å². The minimum absolute atomic E-state index is 0.155. The third-order valence-electron chi connectivity index (χ3n) is 3.76. The summed E-state index contributed by atoms with van der Waals surface area (Å²) in [5, 5.41) is 3.20. The first kappa shape index (κ1) is 15.0. The fourth-order valence-corrected chi connectivity index (χ4v) is 5.07. The second-order valence-corrected chi connectivity index (χ2v) is 7.68. The van der Waals surface area contributed by atoms with Crippen molar-refractivity contribution in [1.29, 1.82) is 0 Å². The standard InChI is InChI=1S/C13H27NO2S/c1-4-6-9-17(15,16)13-10-11(3)7-8-12(13)14-5-2/h11-14H,4-10H2,1-3H3. The Balaban J connectivity index is 2.73. The van der Waals surface area contributed by atoms with Gasteiger partial charge in [-0.05, 0) is 38.1 Å². The lowest BCUT2D eigenvalue weighted by atomic mass is 9.87. The number of hydrogen-bond donors (Lipinski definition) is 1. The van der Waals surface area contributed by atoms with Crippen molar-refractivity contribution in [2.75, 3.05) is 12.3 Å². The Kier molecular flexibility index (Phi) is 5.93. The van der Waals surface area contributed by atoms with Gasteiger partial charge in [0.2, 0.25) is 0 Å². The van der Waals surface area contributed by atoms with E-state index in [0.29, 0.717) is 11.7 Å². The molecular weight excluding hydrogens is 234 g/mol. The SMILES string of the molecule is CCCCS(=O)(=O)C1CC(C)CCC1NCC. The fraction of sp³-hybridized carbons (Fsp3) is 1.00. The van der Waals surface area contributed by atoms with E-state index in [2.05, 4.69) is 12.2 Å². The molecule has 0 radical (unpaired) electrons. The molecule has 1 aliphatic carbocycles. The van der Waals surface area contributed by atoms with Crippen molar-refractivity contribution in [2.45, 2.75) is 64.2 Å². The minimum Gasteiger partial charge on any atom is -0.313 e. The summed E-state index contributed by atoms with van der Waals surface area (Å²) in [4.78, 5) is 0. The van der Waals surface area contributed by atoms with Crippen LogP contribution in [0.4, 0.5) is 0 Å². The van der Waals surface area contributed by atoms with E-state index in [9.17, 15) is 8.42 Å². The monoisotopic (exact) mass is 261 g/mol. The van der Waals surface area contributed by atoms with Crippen LogP contribution in [0.2, 0.25) is 0 Å². The average Bonchev–Trinajstić information content (AvgIpc) is 2.29. The molecule has 0 aromatic rings. The summed E-state index contributed by atoms with van der Waals surface area (Å²) in [6.07, 6.45) is 4.74. The van der Waals surface area contributed by atoms with E-state index in [4.69, 9.17) is 0 Å². The van der Waals surface area contributed by atoms with Crippen LogP contribution in [0, 0.1) is 5.92 Å². The number of sulfone groups is 1. The van der Waals surface area contributed by atoms with Gasteiger partial charge in [0.25, 0.3) is 0 Å². The summed E-state index contributed by atoms with van der Waals surface area (Å²) < 4.78 is 24.7. The van der Waals surface area contributed by atoms with Crippen molar-refractivity contribution in [3.05, 3.63) is 0 Å². The van der Waals surface area contributed by atoms with Crippen molar-refractivity contribution in [1.82, 2.24) is 5.32 Å².